The second kappa shape index (κ2) is 5.95. The molecule has 1 unspecified atom stereocenters. The third kappa shape index (κ3) is 2.99. The summed E-state index contributed by atoms with van der Waals surface area (Å²) in [5.41, 5.74) is 0.990. The lowest BCUT2D eigenvalue weighted by Gasteiger charge is -2.30. The van der Waals surface area contributed by atoms with Gasteiger partial charge in [0.05, 0.1) is 6.67 Å². The van der Waals surface area contributed by atoms with Crippen LogP contribution in [0.4, 0.5) is 0 Å². The Labute approximate surface area is 139 Å². The van der Waals surface area contributed by atoms with Crippen molar-refractivity contribution in [3.63, 3.8) is 0 Å². The zero-order valence-corrected chi connectivity index (χ0v) is 14.6. The molecule has 0 fully saturated rings. The van der Waals surface area contributed by atoms with Gasteiger partial charge in [-0.25, -0.2) is 4.68 Å². The van der Waals surface area contributed by atoms with Gasteiger partial charge in [0.1, 0.15) is 0 Å². The van der Waals surface area contributed by atoms with Crippen LogP contribution < -0.4 is 5.32 Å². The zero-order chi connectivity index (χ0) is 15.7. The van der Waals surface area contributed by atoms with Gasteiger partial charge in [0.25, 0.3) is 0 Å². The number of thiophene rings is 1. The highest BCUT2D eigenvalue weighted by molar-refractivity contribution is 7.71. The number of fused-ring (bicyclic) bond motifs is 1. The van der Waals surface area contributed by atoms with Crippen molar-refractivity contribution in [3.05, 3.63) is 51.6 Å². The lowest BCUT2D eigenvalue weighted by Crippen LogP contribution is -2.33. The molecule has 0 bridgehead atoms. The monoisotopic (exact) mass is 332 g/mol. The van der Waals surface area contributed by atoms with E-state index >= 15 is 0 Å². The molecule has 0 aliphatic rings. The van der Waals surface area contributed by atoms with Gasteiger partial charge in [-0.05, 0) is 41.2 Å². The quantitative estimate of drug-likeness (QED) is 0.725. The fourth-order valence-electron chi connectivity index (χ4n) is 2.54. The van der Waals surface area contributed by atoms with E-state index in [0.717, 1.165) is 5.65 Å². The van der Waals surface area contributed by atoms with Crippen molar-refractivity contribution in [2.24, 2.45) is 5.41 Å². The molecule has 1 N–H and O–H groups in total. The minimum atomic E-state index is 0.117. The molecule has 0 saturated heterocycles. The van der Waals surface area contributed by atoms with Gasteiger partial charge < -0.3 is 0 Å². The first-order chi connectivity index (χ1) is 10.5. The summed E-state index contributed by atoms with van der Waals surface area (Å²) in [4.78, 5) is 1.34. The number of nitrogens with zero attached hydrogens (tertiary/aromatic N) is 3. The lowest BCUT2D eigenvalue weighted by molar-refractivity contribution is 0.255. The van der Waals surface area contributed by atoms with Crippen LogP contribution in [-0.2, 0) is 6.67 Å². The zero-order valence-electron chi connectivity index (χ0n) is 13.0. The molecular formula is C16H20N4S2. The van der Waals surface area contributed by atoms with Gasteiger partial charge in [-0.1, -0.05) is 32.9 Å². The predicted octanol–water partition coefficient (Wildman–Crippen LogP) is 4.26. The molecule has 0 saturated carbocycles. The van der Waals surface area contributed by atoms with E-state index < -0.39 is 0 Å². The smallest absolute Gasteiger partial charge is 0.203 e. The highest BCUT2D eigenvalue weighted by Crippen LogP contribution is 2.35. The fraction of sp³-hybridized carbons (Fsp3) is 0.375. The molecule has 3 rings (SSSR count). The van der Waals surface area contributed by atoms with E-state index in [2.05, 4.69) is 48.7 Å². The van der Waals surface area contributed by atoms with Crippen molar-refractivity contribution in [3.8, 4) is 0 Å². The Morgan fingerprint density at radius 1 is 1.27 bits per heavy atom. The average Bonchev–Trinajstić information content (AvgIpc) is 3.08. The molecule has 1 atom stereocenters. The van der Waals surface area contributed by atoms with E-state index in [4.69, 9.17) is 12.2 Å². The van der Waals surface area contributed by atoms with Crippen LogP contribution in [-0.4, -0.2) is 14.2 Å². The Kier molecular flexibility index (Phi) is 4.16. The summed E-state index contributed by atoms with van der Waals surface area (Å²) in [5.74, 6) is 0. The molecule has 0 aliphatic carbocycles. The molecule has 0 radical (unpaired) electrons. The molecule has 116 valence electrons. The van der Waals surface area contributed by atoms with Crippen LogP contribution in [0, 0.1) is 10.2 Å². The van der Waals surface area contributed by atoms with Crippen molar-refractivity contribution >= 4 is 29.2 Å². The summed E-state index contributed by atoms with van der Waals surface area (Å²) in [5, 5.41) is 10.3. The third-order valence-electron chi connectivity index (χ3n) is 3.63. The van der Waals surface area contributed by atoms with Gasteiger partial charge in [0.15, 0.2) is 5.65 Å². The fourth-order valence-corrected chi connectivity index (χ4v) is 3.84. The summed E-state index contributed by atoms with van der Waals surface area (Å²) in [6, 6.07) is 10.4. The summed E-state index contributed by atoms with van der Waals surface area (Å²) < 4.78 is 4.48. The Morgan fingerprint density at radius 3 is 2.73 bits per heavy atom. The van der Waals surface area contributed by atoms with E-state index in [1.54, 1.807) is 11.3 Å². The van der Waals surface area contributed by atoms with Crippen LogP contribution in [0.25, 0.3) is 5.65 Å². The molecule has 6 heteroatoms. The number of hydrogen-bond donors (Lipinski definition) is 1. The second-order valence-corrected chi connectivity index (χ2v) is 7.73. The van der Waals surface area contributed by atoms with Gasteiger partial charge in [-0.15, -0.1) is 11.3 Å². The SMILES string of the molecule is CC(C)(C)C(NCn1nc2ccccn2c1=S)c1cccs1. The maximum Gasteiger partial charge on any atom is 0.203 e. The van der Waals surface area contributed by atoms with Crippen LogP contribution >= 0.6 is 23.6 Å². The number of hydrogen-bond acceptors (Lipinski definition) is 4. The van der Waals surface area contributed by atoms with Crippen LogP contribution in [0.5, 0.6) is 0 Å². The van der Waals surface area contributed by atoms with E-state index in [9.17, 15) is 0 Å². The Balaban J connectivity index is 1.85. The number of nitrogens with one attached hydrogen (secondary N) is 1. The molecule has 3 heterocycles. The van der Waals surface area contributed by atoms with Crippen molar-refractivity contribution in [1.82, 2.24) is 19.5 Å². The minimum absolute atomic E-state index is 0.117. The maximum atomic E-state index is 5.50. The summed E-state index contributed by atoms with van der Waals surface area (Å²) in [7, 11) is 0. The first-order valence-electron chi connectivity index (χ1n) is 7.28. The highest BCUT2D eigenvalue weighted by atomic mass is 32.1. The Bertz CT molecular complexity index is 809. The van der Waals surface area contributed by atoms with E-state index in [1.807, 2.05) is 33.5 Å². The third-order valence-corrected chi connectivity index (χ3v) is 4.97. The van der Waals surface area contributed by atoms with Gasteiger partial charge in [-0.3, -0.25) is 9.72 Å². The largest absolute Gasteiger partial charge is 0.290 e. The van der Waals surface area contributed by atoms with E-state index in [0.29, 0.717) is 11.4 Å². The number of aromatic nitrogens is 3. The van der Waals surface area contributed by atoms with Crippen molar-refractivity contribution in [1.29, 1.82) is 0 Å². The summed E-state index contributed by atoms with van der Waals surface area (Å²) in [6.45, 7) is 7.33. The molecule has 3 aromatic rings. The van der Waals surface area contributed by atoms with Gasteiger partial charge in [-0.2, -0.15) is 5.10 Å². The van der Waals surface area contributed by atoms with Gasteiger partial charge in [0, 0.05) is 17.1 Å². The number of rotatable bonds is 4. The Morgan fingerprint density at radius 2 is 2.09 bits per heavy atom. The van der Waals surface area contributed by atoms with Crippen LogP contribution in [0.15, 0.2) is 41.9 Å². The van der Waals surface area contributed by atoms with Crippen molar-refractivity contribution in [2.75, 3.05) is 0 Å². The molecule has 3 aromatic heterocycles. The molecule has 0 amide bonds. The molecular weight excluding hydrogens is 312 g/mol. The van der Waals surface area contributed by atoms with E-state index in [-0.39, 0.29) is 11.5 Å². The first-order valence-corrected chi connectivity index (χ1v) is 8.56. The maximum absolute atomic E-state index is 5.50. The lowest BCUT2D eigenvalue weighted by atomic mass is 9.86. The topological polar surface area (TPSA) is 34.3 Å². The minimum Gasteiger partial charge on any atom is -0.290 e. The van der Waals surface area contributed by atoms with E-state index in [1.165, 1.54) is 4.88 Å². The summed E-state index contributed by atoms with van der Waals surface area (Å²) >= 11 is 7.28. The van der Waals surface area contributed by atoms with Crippen LogP contribution in [0.3, 0.4) is 0 Å². The molecule has 22 heavy (non-hydrogen) atoms. The average molecular weight is 332 g/mol. The predicted molar refractivity (Wildman–Crippen MR) is 93.7 cm³/mol. The van der Waals surface area contributed by atoms with Crippen molar-refractivity contribution in [2.45, 2.75) is 33.5 Å². The van der Waals surface area contributed by atoms with Crippen LogP contribution in [0.2, 0.25) is 0 Å². The molecule has 0 spiro atoms. The standard InChI is InChI=1S/C16H20N4S2/c1-16(2,3)14(12-7-6-10-22-12)17-11-20-15(21)19-9-5-4-8-13(19)18-20/h4-10,14,17H,11H2,1-3H3. The van der Waals surface area contributed by atoms with Gasteiger partial charge in [0.2, 0.25) is 4.77 Å². The van der Waals surface area contributed by atoms with Gasteiger partial charge >= 0.3 is 0 Å². The normalized spacial score (nSPS) is 13.6. The molecule has 0 aliphatic heterocycles. The molecule has 4 nitrogen and oxygen atoms in total. The Hall–Kier alpha value is -1.50. The first kappa shape index (κ1) is 15.4. The highest BCUT2D eigenvalue weighted by Gasteiger charge is 2.26. The number of pyridine rings is 1. The van der Waals surface area contributed by atoms with Crippen molar-refractivity contribution < 1.29 is 0 Å². The summed E-state index contributed by atoms with van der Waals surface area (Å²) in [6.07, 6.45) is 1.95. The van der Waals surface area contributed by atoms with Crippen LogP contribution in [0.1, 0.15) is 31.7 Å². The molecule has 0 aromatic carbocycles. The second-order valence-electron chi connectivity index (χ2n) is 6.39.